The van der Waals surface area contributed by atoms with Gasteiger partial charge in [-0.3, -0.25) is 15.5 Å². The van der Waals surface area contributed by atoms with Gasteiger partial charge in [0.2, 0.25) is 10.0 Å². The molecule has 0 aliphatic carbocycles. The quantitative estimate of drug-likeness (QED) is 0.499. The monoisotopic (exact) mass is 391 g/mol. The van der Waals surface area contributed by atoms with E-state index in [1.54, 1.807) is 0 Å². The first kappa shape index (κ1) is 17.8. The molecule has 134 valence electrons. The fourth-order valence-electron chi connectivity index (χ4n) is 2.04. The average molecular weight is 391 g/mol. The van der Waals surface area contributed by atoms with E-state index in [0.29, 0.717) is 5.13 Å². The lowest BCUT2D eigenvalue weighted by Crippen LogP contribution is -2.43. The first-order valence-corrected chi connectivity index (χ1v) is 9.55. The van der Waals surface area contributed by atoms with E-state index in [1.165, 1.54) is 35.6 Å². The van der Waals surface area contributed by atoms with Crippen LogP contribution in [-0.4, -0.2) is 25.3 Å². The third-order valence-electron chi connectivity index (χ3n) is 3.25. The number of aromatic nitrogens is 1. The number of anilines is 1. The van der Waals surface area contributed by atoms with Gasteiger partial charge in [0, 0.05) is 5.56 Å². The number of carbonyl (C=O) groups excluding carboxylic acids is 2. The highest BCUT2D eigenvalue weighted by Crippen LogP contribution is 2.25. The number of primary sulfonamides is 1. The molecule has 9 nitrogen and oxygen atoms in total. The van der Waals surface area contributed by atoms with Crippen LogP contribution in [0.2, 0.25) is 0 Å². The molecule has 0 unspecified atom stereocenters. The molecule has 1 aromatic heterocycles. The number of carbonyl (C=O) groups is 2. The Morgan fingerprint density at radius 1 is 1.00 bits per heavy atom. The van der Waals surface area contributed by atoms with Crippen LogP contribution >= 0.6 is 11.3 Å². The molecule has 2 aromatic carbocycles. The summed E-state index contributed by atoms with van der Waals surface area (Å²) in [5.41, 5.74) is 5.31. The van der Waals surface area contributed by atoms with Crippen molar-refractivity contribution in [1.29, 1.82) is 0 Å². The van der Waals surface area contributed by atoms with Gasteiger partial charge in [0.1, 0.15) is 0 Å². The Hall–Kier alpha value is -3.02. The average Bonchev–Trinajstić information content (AvgIpc) is 3.01. The molecule has 0 fully saturated rings. The van der Waals surface area contributed by atoms with Crippen LogP contribution < -0.4 is 21.3 Å². The molecule has 3 rings (SSSR count). The number of hydrazine groups is 1. The van der Waals surface area contributed by atoms with Crippen LogP contribution in [0.3, 0.4) is 0 Å². The van der Waals surface area contributed by atoms with Crippen LogP contribution in [0.4, 0.5) is 9.93 Å². The molecule has 0 aliphatic heterocycles. The first-order valence-electron chi connectivity index (χ1n) is 7.19. The number of nitrogens with one attached hydrogen (secondary N) is 3. The van der Waals surface area contributed by atoms with Crippen LogP contribution in [0.1, 0.15) is 10.4 Å². The first-order chi connectivity index (χ1) is 12.3. The number of rotatable bonds is 3. The normalized spacial score (nSPS) is 11.1. The fraction of sp³-hybridized carbons (Fsp3) is 0. The summed E-state index contributed by atoms with van der Waals surface area (Å²) in [4.78, 5) is 27.9. The summed E-state index contributed by atoms with van der Waals surface area (Å²) in [5, 5.41) is 7.88. The maximum atomic E-state index is 12.0. The minimum Gasteiger partial charge on any atom is -0.282 e. The minimum atomic E-state index is -3.83. The summed E-state index contributed by atoms with van der Waals surface area (Å²) in [6.07, 6.45) is 0. The molecule has 5 N–H and O–H groups in total. The van der Waals surface area contributed by atoms with Crippen molar-refractivity contribution in [2.75, 3.05) is 5.32 Å². The Kier molecular flexibility index (Phi) is 4.84. The van der Waals surface area contributed by atoms with Crippen molar-refractivity contribution < 1.29 is 18.0 Å². The third kappa shape index (κ3) is 4.14. The van der Waals surface area contributed by atoms with Crippen molar-refractivity contribution >= 4 is 48.6 Å². The number of urea groups is 1. The predicted molar refractivity (Wildman–Crippen MR) is 97.1 cm³/mol. The molecular weight excluding hydrogens is 378 g/mol. The molecule has 1 heterocycles. The summed E-state index contributed by atoms with van der Waals surface area (Å²) in [7, 11) is -3.83. The fourth-order valence-corrected chi connectivity index (χ4v) is 3.41. The van der Waals surface area contributed by atoms with Crippen molar-refractivity contribution in [3.8, 4) is 0 Å². The molecule has 26 heavy (non-hydrogen) atoms. The number of hydrogen-bond acceptors (Lipinski definition) is 6. The number of fused-ring (bicyclic) bond motifs is 1. The van der Waals surface area contributed by atoms with E-state index in [4.69, 9.17) is 5.14 Å². The molecule has 0 bridgehead atoms. The third-order valence-corrected chi connectivity index (χ3v) is 5.13. The van der Waals surface area contributed by atoms with E-state index in [1.807, 2.05) is 24.3 Å². The number of benzene rings is 2. The smallest absolute Gasteiger partial charge is 0.282 e. The Balaban J connectivity index is 1.57. The zero-order chi connectivity index (χ0) is 18.7. The van der Waals surface area contributed by atoms with Crippen molar-refractivity contribution in [2.45, 2.75) is 4.90 Å². The molecule has 0 atom stereocenters. The van der Waals surface area contributed by atoms with Crippen molar-refractivity contribution in [1.82, 2.24) is 15.8 Å². The number of sulfonamides is 1. The van der Waals surface area contributed by atoms with E-state index >= 15 is 0 Å². The van der Waals surface area contributed by atoms with Crippen LogP contribution in [0.25, 0.3) is 10.2 Å². The maximum Gasteiger partial charge on any atom is 0.339 e. The highest BCUT2D eigenvalue weighted by molar-refractivity contribution is 7.89. The van der Waals surface area contributed by atoms with Gasteiger partial charge in [0.25, 0.3) is 5.91 Å². The number of nitrogens with two attached hydrogens (primary N) is 1. The number of amides is 3. The van der Waals surface area contributed by atoms with E-state index in [-0.39, 0.29) is 10.5 Å². The minimum absolute atomic E-state index is 0.115. The lowest BCUT2D eigenvalue weighted by molar-refractivity contribution is 0.0938. The lowest BCUT2D eigenvalue weighted by Gasteiger charge is -2.07. The molecular formula is C15H13N5O4S2. The van der Waals surface area contributed by atoms with Gasteiger partial charge in [-0.2, -0.15) is 0 Å². The summed E-state index contributed by atoms with van der Waals surface area (Å²) < 4.78 is 23.3. The Morgan fingerprint density at radius 3 is 2.35 bits per heavy atom. The predicted octanol–water partition coefficient (Wildman–Crippen LogP) is 1.41. The molecule has 3 aromatic rings. The Bertz CT molecular complexity index is 1040. The van der Waals surface area contributed by atoms with Gasteiger partial charge in [-0.1, -0.05) is 23.5 Å². The van der Waals surface area contributed by atoms with Crippen molar-refractivity contribution in [3.63, 3.8) is 0 Å². The molecule has 0 spiro atoms. The van der Waals surface area contributed by atoms with Gasteiger partial charge >= 0.3 is 6.03 Å². The zero-order valence-electron chi connectivity index (χ0n) is 13.1. The highest BCUT2D eigenvalue weighted by atomic mass is 32.2. The molecule has 0 radical (unpaired) electrons. The van der Waals surface area contributed by atoms with Crippen LogP contribution in [0.15, 0.2) is 53.4 Å². The van der Waals surface area contributed by atoms with Gasteiger partial charge in [0.05, 0.1) is 15.1 Å². The topological polar surface area (TPSA) is 143 Å². The molecule has 0 aliphatic rings. The number of thiazole rings is 1. The van der Waals surface area contributed by atoms with Crippen molar-refractivity contribution in [3.05, 3.63) is 54.1 Å². The van der Waals surface area contributed by atoms with E-state index in [2.05, 4.69) is 21.2 Å². The van der Waals surface area contributed by atoms with Gasteiger partial charge < -0.3 is 0 Å². The van der Waals surface area contributed by atoms with Crippen molar-refractivity contribution in [2.24, 2.45) is 5.14 Å². The molecule has 11 heteroatoms. The van der Waals surface area contributed by atoms with Crippen LogP contribution in [-0.2, 0) is 10.0 Å². The SMILES string of the molecule is NS(=O)(=O)c1ccc(C(=O)NNC(=O)Nc2nc3ccccc3s2)cc1. The molecule has 0 saturated heterocycles. The zero-order valence-corrected chi connectivity index (χ0v) is 14.7. The van der Waals surface area contributed by atoms with Gasteiger partial charge in [-0.05, 0) is 36.4 Å². The van der Waals surface area contributed by atoms with Crippen LogP contribution in [0, 0.1) is 0 Å². The number of para-hydroxylation sites is 1. The van der Waals surface area contributed by atoms with E-state index < -0.39 is 22.0 Å². The molecule has 0 saturated carbocycles. The van der Waals surface area contributed by atoms with Crippen LogP contribution in [0.5, 0.6) is 0 Å². The Morgan fingerprint density at radius 2 is 1.69 bits per heavy atom. The standard InChI is InChI=1S/C15H13N5O4S2/c16-26(23,24)10-7-5-9(6-8-10)13(21)19-20-14(22)18-15-17-11-3-1-2-4-12(11)25-15/h1-8H,(H,19,21)(H2,16,23,24)(H2,17,18,20,22). The van der Waals surface area contributed by atoms with E-state index in [0.717, 1.165) is 10.2 Å². The molecule has 3 amide bonds. The number of nitrogens with zero attached hydrogens (tertiary/aromatic N) is 1. The van der Waals surface area contributed by atoms with Gasteiger partial charge in [-0.15, -0.1) is 0 Å². The summed E-state index contributed by atoms with van der Waals surface area (Å²) in [6, 6.07) is 11.7. The van der Waals surface area contributed by atoms with Gasteiger partial charge in [-0.25, -0.2) is 28.8 Å². The largest absolute Gasteiger partial charge is 0.339 e. The maximum absolute atomic E-state index is 12.0. The van der Waals surface area contributed by atoms with E-state index in [9.17, 15) is 18.0 Å². The highest BCUT2D eigenvalue weighted by Gasteiger charge is 2.12. The number of hydrogen-bond donors (Lipinski definition) is 4. The summed E-state index contributed by atoms with van der Waals surface area (Å²) in [6.45, 7) is 0. The Labute approximate surface area is 152 Å². The van der Waals surface area contributed by atoms with Gasteiger partial charge in [0.15, 0.2) is 5.13 Å². The summed E-state index contributed by atoms with van der Waals surface area (Å²) in [5.74, 6) is -0.620. The second kappa shape index (κ2) is 7.07. The summed E-state index contributed by atoms with van der Waals surface area (Å²) >= 11 is 1.30. The second-order valence-electron chi connectivity index (χ2n) is 5.09. The lowest BCUT2D eigenvalue weighted by atomic mass is 10.2. The second-order valence-corrected chi connectivity index (χ2v) is 7.68.